The number of nitriles is 1. The Balaban J connectivity index is 2.00. The van der Waals surface area contributed by atoms with Crippen LogP contribution in [0, 0.1) is 23.2 Å². The predicted octanol–water partition coefficient (Wildman–Crippen LogP) is 3.93. The van der Waals surface area contributed by atoms with Crippen molar-refractivity contribution in [3.8, 4) is 6.07 Å². The summed E-state index contributed by atoms with van der Waals surface area (Å²) in [6, 6.07) is 11.0. The number of benzene rings is 1. The van der Waals surface area contributed by atoms with Crippen molar-refractivity contribution in [2.45, 2.75) is 38.6 Å². The quantitative estimate of drug-likeness (QED) is 0.813. The van der Waals surface area contributed by atoms with Gasteiger partial charge < -0.3 is 0 Å². The van der Waals surface area contributed by atoms with Gasteiger partial charge in [-0.15, -0.1) is 0 Å². The van der Waals surface area contributed by atoms with Crippen molar-refractivity contribution in [3.05, 3.63) is 30.5 Å². The molecule has 1 fully saturated rings. The minimum Gasteiger partial charge on any atom is -0.260 e. The smallest absolute Gasteiger partial charge is 0.0688 e. The Hall–Kier alpha value is -1.82. The second kappa shape index (κ2) is 5.05. The molecule has 2 aromatic rings. The number of para-hydroxylation sites is 1. The van der Waals surface area contributed by atoms with Crippen molar-refractivity contribution in [2.75, 3.05) is 0 Å². The van der Waals surface area contributed by atoms with E-state index in [2.05, 4.69) is 34.9 Å². The molecule has 3 nitrogen and oxygen atoms in total. The molecule has 3 rings (SSSR count). The number of rotatable bonds is 2. The van der Waals surface area contributed by atoms with E-state index < -0.39 is 0 Å². The fraction of sp³-hybridized carbons (Fsp3) is 0.500. The Morgan fingerprint density at radius 3 is 3.00 bits per heavy atom. The minimum absolute atomic E-state index is 0.103. The van der Waals surface area contributed by atoms with Crippen molar-refractivity contribution in [1.29, 1.82) is 5.26 Å². The van der Waals surface area contributed by atoms with Crippen LogP contribution < -0.4 is 0 Å². The zero-order valence-corrected chi connectivity index (χ0v) is 11.3. The summed E-state index contributed by atoms with van der Waals surface area (Å²) in [7, 11) is 0. The van der Waals surface area contributed by atoms with Crippen molar-refractivity contribution >= 4 is 10.9 Å². The van der Waals surface area contributed by atoms with E-state index in [0.717, 1.165) is 29.7 Å². The lowest BCUT2D eigenvalue weighted by Crippen LogP contribution is -2.27. The molecule has 19 heavy (non-hydrogen) atoms. The lowest BCUT2D eigenvalue weighted by molar-refractivity contribution is 0.208. The van der Waals surface area contributed by atoms with Gasteiger partial charge in [-0.3, -0.25) is 4.68 Å². The van der Waals surface area contributed by atoms with Gasteiger partial charge in [0.15, 0.2) is 0 Å². The van der Waals surface area contributed by atoms with E-state index in [4.69, 9.17) is 0 Å². The fourth-order valence-corrected chi connectivity index (χ4v) is 3.28. The summed E-state index contributed by atoms with van der Waals surface area (Å²) in [4.78, 5) is 0. The second-order valence-electron chi connectivity index (χ2n) is 5.54. The summed E-state index contributed by atoms with van der Waals surface area (Å²) in [5.74, 6) is 0.837. The van der Waals surface area contributed by atoms with Crippen LogP contribution in [-0.4, -0.2) is 9.78 Å². The van der Waals surface area contributed by atoms with Gasteiger partial charge in [-0.25, -0.2) is 0 Å². The SMILES string of the molecule is CCC1CCC(C#N)C(n2ncc3ccccc32)C1. The maximum absolute atomic E-state index is 9.40. The van der Waals surface area contributed by atoms with Gasteiger partial charge >= 0.3 is 0 Å². The molecule has 1 saturated carbocycles. The third-order valence-electron chi connectivity index (χ3n) is 4.49. The van der Waals surface area contributed by atoms with E-state index >= 15 is 0 Å². The molecule has 0 amide bonds. The summed E-state index contributed by atoms with van der Waals surface area (Å²) in [6.45, 7) is 2.25. The van der Waals surface area contributed by atoms with E-state index in [9.17, 15) is 5.26 Å². The third-order valence-corrected chi connectivity index (χ3v) is 4.49. The van der Waals surface area contributed by atoms with Gasteiger partial charge in [0.1, 0.15) is 0 Å². The molecule has 98 valence electrons. The molecule has 0 spiro atoms. The van der Waals surface area contributed by atoms with Gasteiger partial charge in [-0.2, -0.15) is 10.4 Å². The largest absolute Gasteiger partial charge is 0.260 e. The monoisotopic (exact) mass is 253 g/mol. The molecular weight excluding hydrogens is 234 g/mol. The number of aromatic nitrogens is 2. The first-order valence-corrected chi connectivity index (χ1v) is 7.15. The van der Waals surface area contributed by atoms with E-state index in [0.29, 0.717) is 0 Å². The maximum Gasteiger partial charge on any atom is 0.0688 e. The highest BCUT2D eigenvalue weighted by molar-refractivity contribution is 5.78. The molecule has 1 aliphatic rings. The van der Waals surface area contributed by atoms with E-state index in [-0.39, 0.29) is 12.0 Å². The predicted molar refractivity (Wildman–Crippen MR) is 75.5 cm³/mol. The topological polar surface area (TPSA) is 41.6 Å². The molecule has 1 aliphatic carbocycles. The standard InChI is InChI=1S/C16H19N3/c1-2-12-7-8-13(10-17)16(9-12)19-15-6-4-3-5-14(15)11-18-19/h3-6,11-13,16H,2,7-9H2,1H3. The molecule has 0 radical (unpaired) electrons. The van der Waals surface area contributed by atoms with Crippen LogP contribution in [0.15, 0.2) is 30.5 Å². The molecule has 1 aromatic carbocycles. The van der Waals surface area contributed by atoms with Crippen molar-refractivity contribution < 1.29 is 0 Å². The Kier molecular flexibility index (Phi) is 3.25. The number of nitrogens with zero attached hydrogens (tertiary/aromatic N) is 3. The Morgan fingerprint density at radius 1 is 1.37 bits per heavy atom. The lowest BCUT2D eigenvalue weighted by Gasteiger charge is -2.32. The summed E-state index contributed by atoms with van der Waals surface area (Å²) < 4.78 is 2.09. The zero-order valence-electron chi connectivity index (χ0n) is 11.3. The van der Waals surface area contributed by atoms with Crippen LogP contribution in [0.1, 0.15) is 38.6 Å². The van der Waals surface area contributed by atoms with E-state index in [1.807, 2.05) is 18.3 Å². The Labute approximate surface area is 113 Å². The van der Waals surface area contributed by atoms with Gasteiger partial charge in [0.05, 0.1) is 29.7 Å². The molecule has 3 atom stereocenters. The maximum atomic E-state index is 9.40. The van der Waals surface area contributed by atoms with Crippen LogP contribution in [0.3, 0.4) is 0 Å². The molecule has 1 aromatic heterocycles. The summed E-state index contributed by atoms with van der Waals surface area (Å²) in [6.07, 6.45) is 6.39. The summed E-state index contributed by atoms with van der Waals surface area (Å²) in [5, 5.41) is 15.1. The van der Waals surface area contributed by atoms with Crippen LogP contribution >= 0.6 is 0 Å². The van der Waals surface area contributed by atoms with Gasteiger partial charge in [0, 0.05) is 5.39 Å². The first-order valence-electron chi connectivity index (χ1n) is 7.15. The molecule has 0 aliphatic heterocycles. The molecule has 3 unspecified atom stereocenters. The summed E-state index contributed by atoms with van der Waals surface area (Å²) in [5.41, 5.74) is 1.16. The Bertz CT molecular complexity index is 608. The van der Waals surface area contributed by atoms with E-state index in [1.165, 1.54) is 12.8 Å². The molecule has 0 bridgehead atoms. The normalized spacial score (nSPS) is 27.3. The minimum atomic E-state index is 0.103. The highest BCUT2D eigenvalue weighted by atomic mass is 15.3. The highest BCUT2D eigenvalue weighted by Crippen LogP contribution is 2.39. The summed E-state index contributed by atoms with van der Waals surface area (Å²) >= 11 is 0. The van der Waals surface area contributed by atoms with Crippen molar-refractivity contribution in [3.63, 3.8) is 0 Å². The van der Waals surface area contributed by atoms with Crippen LogP contribution in [-0.2, 0) is 0 Å². The van der Waals surface area contributed by atoms with Crippen molar-refractivity contribution in [2.24, 2.45) is 11.8 Å². The highest BCUT2D eigenvalue weighted by Gasteiger charge is 2.32. The van der Waals surface area contributed by atoms with E-state index in [1.54, 1.807) is 0 Å². The molecule has 3 heteroatoms. The fourth-order valence-electron chi connectivity index (χ4n) is 3.28. The lowest BCUT2D eigenvalue weighted by atomic mass is 9.78. The van der Waals surface area contributed by atoms with Crippen LogP contribution in [0.4, 0.5) is 0 Å². The number of fused-ring (bicyclic) bond motifs is 1. The first-order chi connectivity index (χ1) is 9.33. The zero-order chi connectivity index (χ0) is 13.2. The van der Waals surface area contributed by atoms with Gasteiger partial charge in [0.25, 0.3) is 0 Å². The third kappa shape index (κ3) is 2.12. The Morgan fingerprint density at radius 2 is 2.21 bits per heavy atom. The number of hydrogen-bond acceptors (Lipinski definition) is 2. The second-order valence-corrected chi connectivity index (χ2v) is 5.54. The van der Waals surface area contributed by atoms with Crippen LogP contribution in [0.25, 0.3) is 10.9 Å². The van der Waals surface area contributed by atoms with Crippen LogP contribution in [0.2, 0.25) is 0 Å². The number of hydrogen-bond donors (Lipinski definition) is 0. The van der Waals surface area contributed by atoms with Crippen LogP contribution in [0.5, 0.6) is 0 Å². The molecule has 0 saturated heterocycles. The first kappa shape index (κ1) is 12.2. The molecular formula is C16H19N3. The van der Waals surface area contributed by atoms with Gasteiger partial charge in [0.2, 0.25) is 0 Å². The molecule has 0 N–H and O–H groups in total. The van der Waals surface area contributed by atoms with Crippen molar-refractivity contribution in [1.82, 2.24) is 9.78 Å². The van der Waals surface area contributed by atoms with Gasteiger partial charge in [-0.1, -0.05) is 31.5 Å². The molecule has 1 heterocycles. The van der Waals surface area contributed by atoms with Gasteiger partial charge in [-0.05, 0) is 31.2 Å². The average molecular weight is 253 g/mol. The average Bonchev–Trinajstić information content (AvgIpc) is 2.90.